The number of ether oxygens (including phenoxy) is 2. The van der Waals surface area contributed by atoms with Gasteiger partial charge in [-0.15, -0.1) is 0 Å². The maximum atomic E-state index is 12.8. The molecule has 9 heteroatoms. The Morgan fingerprint density at radius 3 is 2.52 bits per heavy atom. The van der Waals surface area contributed by atoms with Gasteiger partial charge in [0.1, 0.15) is 36.7 Å². The Labute approximate surface area is 182 Å². The van der Waals surface area contributed by atoms with E-state index in [0.717, 1.165) is 0 Å². The van der Waals surface area contributed by atoms with E-state index >= 15 is 0 Å². The first-order chi connectivity index (χ1) is 14.5. The second-order valence-electron chi connectivity index (χ2n) is 8.59. The minimum Gasteiger partial charge on any atom is -0.489 e. The number of anilines is 1. The van der Waals surface area contributed by atoms with Crippen LogP contribution in [0.3, 0.4) is 0 Å². The molecule has 1 aliphatic rings. The first kappa shape index (κ1) is 24.8. The van der Waals surface area contributed by atoms with Gasteiger partial charge < -0.3 is 35.0 Å². The highest BCUT2D eigenvalue weighted by Gasteiger charge is 2.38. The van der Waals surface area contributed by atoms with E-state index in [1.165, 1.54) is 18.1 Å². The van der Waals surface area contributed by atoms with Gasteiger partial charge >= 0.3 is 0 Å². The third kappa shape index (κ3) is 6.27. The van der Waals surface area contributed by atoms with Crippen molar-refractivity contribution >= 4 is 17.5 Å². The molecule has 0 fully saturated rings. The molecule has 0 spiro atoms. The van der Waals surface area contributed by atoms with Crippen LogP contribution in [0.5, 0.6) is 5.75 Å². The number of benzene rings is 1. The largest absolute Gasteiger partial charge is 0.489 e. The summed E-state index contributed by atoms with van der Waals surface area (Å²) < 4.78 is 10.7. The number of allylic oxidation sites excluding steroid dienone is 1. The smallest absolute Gasteiger partial charge is 0.252 e. The number of hydrogen-bond donors (Lipinski definition) is 4. The van der Waals surface area contributed by atoms with Gasteiger partial charge in [-0.2, -0.15) is 0 Å². The normalized spacial score (nSPS) is 21.0. The number of para-hydroxylation sites is 2. The van der Waals surface area contributed by atoms with Crippen LogP contribution in [0.1, 0.15) is 20.8 Å². The average molecular weight is 437 g/mol. The Bertz CT molecular complexity index is 805. The van der Waals surface area contributed by atoms with Gasteiger partial charge in [0.25, 0.3) is 11.8 Å². The summed E-state index contributed by atoms with van der Waals surface area (Å²) in [5.41, 5.74) is 0.324. The number of nitrogens with one attached hydrogen (secondary N) is 1. The minimum atomic E-state index is -1.73. The van der Waals surface area contributed by atoms with E-state index in [1.54, 1.807) is 37.4 Å². The number of likely N-dealkylation sites (N-methyl/N-ethyl adjacent to an activating group) is 1. The zero-order valence-electron chi connectivity index (χ0n) is 18.5. The lowest BCUT2D eigenvalue weighted by atomic mass is 9.94. The molecule has 2 amide bonds. The van der Waals surface area contributed by atoms with Crippen LogP contribution in [-0.2, 0) is 14.3 Å². The van der Waals surface area contributed by atoms with Gasteiger partial charge in [0.2, 0.25) is 0 Å². The van der Waals surface area contributed by atoms with Crippen LogP contribution in [0.15, 0.2) is 36.4 Å². The van der Waals surface area contributed by atoms with Gasteiger partial charge in [0, 0.05) is 14.2 Å². The fourth-order valence-corrected chi connectivity index (χ4v) is 3.09. The third-order valence-corrected chi connectivity index (χ3v) is 4.89. The van der Waals surface area contributed by atoms with E-state index in [0.29, 0.717) is 11.4 Å². The molecule has 0 aromatic heterocycles. The Hall–Kier alpha value is -2.46. The molecule has 5 atom stereocenters. The molecule has 1 aromatic rings. The lowest BCUT2D eigenvalue weighted by molar-refractivity contribution is -0.150. The number of carbonyl (C=O) groups excluding carboxylic acids is 2. The molecule has 1 aliphatic heterocycles. The van der Waals surface area contributed by atoms with Crippen LogP contribution in [0, 0.1) is 5.41 Å². The Balaban J connectivity index is 2.08. The molecular weight excluding hydrogens is 404 g/mol. The SMILES string of the molecule is CO[C@@H](C(=O)N[C@H]1COc2ccccc2N(C)C1=O)[C@H](O)[C@@H](O)[C@H](O)/C=C/C(C)(C)C. The summed E-state index contributed by atoms with van der Waals surface area (Å²) in [4.78, 5) is 26.9. The molecule has 172 valence electrons. The van der Waals surface area contributed by atoms with E-state index in [9.17, 15) is 24.9 Å². The van der Waals surface area contributed by atoms with E-state index in [-0.39, 0.29) is 12.0 Å². The van der Waals surface area contributed by atoms with Crippen LogP contribution in [-0.4, -0.2) is 78.4 Å². The van der Waals surface area contributed by atoms with Crippen molar-refractivity contribution in [3.8, 4) is 5.75 Å². The number of methoxy groups -OCH3 is 1. The van der Waals surface area contributed by atoms with Crippen molar-refractivity contribution in [1.29, 1.82) is 0 Å². The zero-order valence-corrected chi connectivity index (χ0v) is 18.5. The molecule has 1 aromatic carbocycles. The highest BCUT2D eigenvalue weighted by molar-refractivity contribution is 6.01. The number of carbonyl (C=O) groups is 2. The van der Waals surface area contributed by atoms with Crippen molar-refractivity contribution in [3.05, 3.63) is 36.4 Å². The second-order valence-corrected chi connectivity index (χ2v) is 8.59. The van der Waals surface area contributed by atoms with Crippen molar-refractivity contribution in [1.82, 2.24) is 5.32 Å². The summed E-state index contributed by atoms with van der Waals surface area (Å²) >= 11 is 0. The molecule has 0 saturated heterocycles. The molecule has 2 rings (SSSR count). The van der Waals surface area contributed by atoms with Crippen LogP contribution < -0.4 is 15.0 Å². The molecule has 0 radical (unpaired) electrons. The summed E-state index contributed by atoms with van der Waals surface area (Å²) in [6.07, 6.45) is -3.30. The number of hydrogen-bond acceptors (Lipinski definition) is 7. The molecule has 1 heterocycles. The third-order valence-electron chi connectivity index (χ3n) is 4.89. The fraction of sp³-hybridized carbons (Fsp3) is 0.545. The van der Waals surface area contributed by atoms with Crippen molar-refractivity contribution in [2.24, 2.45) is 5.41 Å². The van der Waals surface area contributed by atoms with Crippen molar-refractivity contribution in [2.75, 3.05) is 25.7 Å². The quantitative estimate of drug-likeness (QED) is 0.450. The van der Waals surface area contributed by atoms with E-state index < -0.39 is 42.3 Å². The number of aliphatic hydroxyl groups excluding tert-OH is 3. The van der Waals surface area contributed by atoms with Crippen LogP contribution in [0.4, 0.5) is 5.69 Å². The van der Waals surface area contributed by atoms with Crippen molar-refractivity contribution in [3.63, 3.8) is 0 Å². The fourth-order valence-electron chi connectivity index (χ4n) is 3.09. The van der Waals surface area contributed by atoms with Gasteiger partial charge in [-0.3, -0.25) is 9.59 Å². The molecule has 0 saturated carbocycles. The van der Waals surface area contributed by atoms with Gasteiger partial charge in [-0.1, -0.05) is 45.1 Å². The first-order valence-electron chi connectivity index (χ1n) is 10.0. The molecular formula is C22H32N2O7. The molecule has 4 N–H and O–H groups in total. The zero-order chi connectivity index (χ0) is 23.3. The Morgan fingerprint density at radius 1 is 1.26 bits per heavy atom. The summed E-state index contributed by atoms with van der Waals surface area (Å²) in [5.74, 6) is -0.721. The van der Waals surface area contributed by atoms with E-state index in [2.05, 4.69) is 5.32 Å². The summed E-state index contributed by atoms with van der Waals surface area (Å²) in [6.45, 7) is 5.61. The maximum Gasteiger partial charge on any atom is 0.252 e. The van der Waals surface area contributed by atoms with Gasteiger partial charge in [0.15, 0.2) is 6.10 Å². The number of nitrogens with zero attached hydrogens (tertiary/aromatic N) is 1. The topological polar surface area (TPSA) is 129 Å². The summed E-state index contributed by atoms with van der Waals surface area (Å²) in [7, 11) is 2.75. The Morgan fingerprint density at radius 2 is 1.90 bits per heavy atom. The van der Waals surface area contributed by atoms with Gasteiger partial charge in [0.05, 0.1) is 5.69 Å². The maximum absolute atomic E-state index is 12.8. The number of amides is 2. The lowest BCUT2D eigenvalue weighted by Crippen LogP contribution is -2.56. The summed E-state index contributed by atoms with van der Waals surface area (Å²) in [6, 6.07) is 5.95. The highest BCUT2D eigenvalue weighted by atomic mass is 16.5. The van der Waals surface area contributed by atoms with E-state index in [1.807, 2.05) is 20.8 Å². The predicted molar refractivity (Wildman–Crippen MR) is 115 cm³/mol. The standard InChI is InChI=1S/C22H32N2O7/c1-22(2,3)11-10-15(25)17(26)18(27)19(30-5)20(28)23-13-12-31-16-9-7-6-8-14(16)24(4)21(13)29/h6-11,13,15,17-19,25-27H,12H2,1-5H3,(H,23,28)/b11-10+/t13-,15+,17-,18+,19+/m0/s1. The van der Waals surface area contributed by atoms with E-state index in [4.69, 9.17) is 9.47 Å². The number of rotatable bonds is 7. The van der Waals surface area contributed by atoms with Crippen LogP contribution in [0.2, 0.25) is 0 Å². The van der Waals surface area contributed by atoms with Crippen molar-refractivity contribution in [2.45, 2.75) is 51.2 Å². The molecule has 9 nitrogen and oxygen atoms in total. The van der Waals surface area contributed by atoms with Gasteiger partial charge in [-0.05, 0) is 17.5 Å². The van der Waals surface area contributed by atoms with Crippen LogP contribution >= 0.6 is 0 Å². The monoisotopic (exact) mass is 436 g/mol. The number of aliphatic hydroxyl groups is 3. The highest BCUT2D eigenvalue weighted by Crippen LogP contribution is 2.29. The lowest BCUT2D eigenvalue weighted by Gasteiger charge is -2.28. The molecule has 0 aliphatic carbocycles. The molecule has 0 bridgehead atoms. The number of fused-ring (bicyclic) bond motifs is 1. The molecule has 31 heavy (non-hydrogen) atoms. The summed E-state index contributed by atoms with van der Waals surface area (Å²) in [5, 5.41) is 33.4. The average Bonchev–Trinajstić information content (AvgIpc) is 2.83. The second kappa shape index (κ2) is 10.2. The van der Waals surface area contributed by atoms with Crippen LogP contribution in [0.25, 0.3) is 0 Å². The first-order valence-corrected chi connectivity index (χ1v) is 10.0. The van der Waals surface area contributed by atoms with Crippen molar-refractivity contribution < 1.29 is 34.4 Å². The van der Waals surface area contributed by atoms with Gasteiger partial charge in [-0.25, -0.2) is 0 Å². The molecule has 0 unspecified atom stereocenters. The predicted octanol–water partition coefficient (Wildman–Crippen LogP) is 0.227. The minimum absolute atomic E-state index is 0.113. The Kier molecular flexibility index (Phi) is 8.19.